The van der Waals surface area contributed by atoms with E-state index in [1.54, 1.807) is 0 Å². The van der Waals surface area contributed by atoms with Gasteiger partial charge in [-0.2, -0.15) is 13.2 Å². The Morgan fingerprint density at radius 1 is 1.32 bits per heavy atom. The molecule has 0 aliphatic carbocycles. The first-order valence-corrected chi connectivity index (χ1v) is 8.78. The predicted octanol–water partition coefficient (Wildman–Crippen LogP) is 1.88. The Labute approximate surface area is 159 Å². The maximum atomic E-state index is 13.1. The van der Waals surface area contributed by atoms with Gasteiger partial charge >= 0.3 is 12.2 Å². The van der Waals surface area contributed by atoms with Gasteiger partial charge in [0.1, 0.15) is 0 Å². The van der Waals surface area contributed by atoms with Gasteiger partial charge in [-0.25, -0.2) is 4.79 Å². The van der Waals surface area contributed by atoms with Gasteiger partial charge < -0.3 is 25.4 Å². The molecule has 2 heterocycles. The van der Waals surface area contributed by atoms with Crippen molar-refractivity contribution < 1.29 is 32.2 Å². The summed E-state index contributed by atoms with van der Waals surface area (Å²) in [6.45, 7) is 4.65. The molecule has 11 heteroatoms. The third kappa shape index (κ3) is 4.84. The summed E-state index contributed by atoms with van der Waals surface area (Å²) in [6.07, 6.45) is -4.64. The van der Waals surface area contributed by atoms with Gasteiger partial charge in [0.2, 0.25) is 0 Å². The minimum Gasteiger partial charge on any atom is -0.479 e. The number of alkyl halides is 3. The van der Waals surface area contributed by atoms with Crippen molar-refractivity contribution >= 4 is 23.3 Å². The number of hydrogen-bond acceptors (Lipinski definition) is 5. The third-order valence-corrected chi connectivity index (χ3v) is 4.51. The van der Waals surface area contributed by atoms with E-state index >= 15 is 0 Å². The number of carbonyl (C=O) groups is 2. The summed E-state index contributed by atoms with van der Waals surface area (Å²) < 4.78 is 49.9. The van der Waals surface area contributed by atoms with Crippen LogP contribution in [0.5, 0.6) is 5.75 Å². The van der Waals surface area contributed by atoms with Crippen molar-refractivity contribution in [3.8, 4) is 5.75 Å². The largest absolute Gasteiger partial charge is 0.479 e. The lowest BCUT2D eigenvalue weighted by Gasteiger charge is -2.32. The molecule has 3 N–H and O–H groups in total. The van der Waals surface area contributed by atoms with Gasteiger partial charge in [-0.05, 0) is 19.1 Å². The van der Waals surface area contributed by atoms with Crippen LogP contribution in [0.3, 0.4) is 0 Å². The highest BCUT2D eigenvalue weighted by atomic mass is 19.4. The summed E-state index contributed by atoms with van der Waals surface area (Å²) in [5, 5.41) is 7.36. The van der Waals surface area contributed by atoms with Crippen molar-refractivity contribution in [2.24, 2.45) is 0 Å². The highest BCUT2D eigenvalue weighted by Gasteiger charge is 2.34. The standard InChI is InChI=1S/C17H21F3N4O4/c1-10(24-2-4-27-5-3-24)8-21-16(26)23-13-7-11(17(18,19)20)6-12-15(13)28-9-14(25)22-12/h6-7,10H,2-5,8-9H2,1H3,(H,22,25)(H2,21,23,26)/t10-/m0/s1. The number of anilines is 2. The number of fused-ring (bicyclic) bond motifs is 1. The molecule has 1 saturated heterocycles. The normalized spacial score (nSPS) is 18.5. The Morgan fingerprint density at radius 2 is 2.04 bits per heavy atom. The van der Waals surface area contributed by atoms with Gasteiger partial charge in [-0.1, -0.05) is 0 Å². The van der Waals surface area contributed by atoms with Gasteiger partial charge in [0, 0.05) is 25.7 Å². The average Bonchev–Trinajstić information content (AvgIpc) is 2.65. The number of halogens is 3. The number of nitrogens with one attached hydrogen (secondary N) is 3. The second-order valence-corrected chi connectivity index (χ2v) is 6.57. The number of morpholine rings is 1. The van der Waals surface area contributed by atoms with Crippen LogP contribution in [0.2, 0.25) is 0 Å². The van der Waals surface area contributed by atoms with Crippen LogP contribution in [0.4, 0.5) is 29.3 Å². The van der Waals surface area contributed by atoms with E-state index in [2.05, 4.69) is 20.9 Å². The Morgan fingerprint density at radius 3 is 2.71 bits per heavy atom. The van der Waals surface area contributed by atoms with Gasteiger partial charge in [-0.3, -0.25) is 9.69 Å². The maximum Gasteiger partial charge on any atom is 0.416 e. The molecule has 3 rings (SSSR count). The van der Waals surface area contributed by atoms with Crippen molar-refractivity contribution in [3.05, 3.63) is 17.7 Å². The fourth-order valence-corrected chi connectivity index (χ4v) is 3.01. The number of ether oxygens (including phenoxy) is 2. The van der Waals surface area contributed by atoms with Gasteiger partial charge in [0.05, 0.1) is 30.2 Å². The first kappa shape index (κ1) is 20.2. The number of benzene rings is 1. The van der Waals surface area contributed by atoms with E-state index in [4.69, 9.17) is 9.47 Å². The van der Waals surface area contributed by atoms with E-state index in [0.717, 1.165) is 25.2 Å². The van der Waals surface area contributed by atoms with Crippen LogP contribution in [-0.2, 0) is 15.7 Å². The molecule has 0 bridgehead atoms. The molecule has 0 unspecified atom stereocenters. The molecule has 1 aromatic carbocycles. The number of urea groups is 1. The van der Waals surface area contributed by atoms with Crippen LogP contribution in [0.15, 0.2) is 12.1 Å². The zero-order valence-corrected chi connectivity index (χ0v) is 15.2. The monoisotopic (exact) mass is 402 g/mol. The molecule has 8 nitrogen and oxygen atoms in total. The van der Waals surface area contributed by atoms with Gasteiger partial charge in [0.25, 0.3) is 5.91 Å². The fraction of sp³-hybridized carbons (Fsp3) is 0.529. The average molecular weight is 402 g/mol. The lowest BCUT2D eigenvalue weighted by molar-refractivity contribution is -0.137. The van der Waals surface area contributed by atoms with Gasteiger partial charge in [0.15, 0.2) is 12.4 Å². The number of carbonyl (C=O) groups excluding carboxylic acids is 2. The molecule has 0 spiro atoms. The number of nitrogens with zero attached hydrogens (tertiary/aromatic N) is 1. The Hall–Kier alpha value is -2.53. The molecule has 0 radical (unpaired) electrons. The zero-order chi connectivity index (χ0) is 20.3. The van der Waals surface area contributed by atoms with Crippen LogP contribution < -0.4 is 20.7 Å². The first-order chi connectivity index (χ1) is 13.2. The molecule has 1 fully saturated rings. The van der Waals surface area contributed by atoms with E-state index in [-0.39, 0.29) is 29.8 Å². The van der Waals surface area contributed by atoms with Crippen molar-refractivity contribution in [2.75, 3.05) is 50.1 Å². The molecule has 1 aromatic rings. The highest BCUT2D eigenvalue weighted by molar-refractivity contribution is 6.00. The van der Waals surface area contributed by atoms with Crippen LogP contribution in [0.25, 0.3) is 0 Å². The lowest BCUT2D eigenvalue weighted by Crippen LogP contribution is -2.47. The van der Waals surface area contributed by atoms with E-state index in [1.807, 2.05) is 6.92 Å². The molecular formula is C17H21F3N4O4. The van der Waals surface area contributed by atoms with Crippen LogP contribution in [0.1, 0.15) is 12.5 Å². The lowest BCUT2D eigenvalue weighted by atomic mass is 10.1. The third-order valence-electron chi connectivity index (χ3n) is 4.51. The van der Waals surface area contributed by atoms with Crippen LogP contribution in [0, 0.1) is 0 Å². The Balaban J connectivity index is 1.69. The zero-order valence-electron chi connectivity index (χ0n) is 15.2. The topological polar surface area (TPSA) is 91.9 Å². The van der Waals surface area contributed by atoms with E-state index < -0.39 is 23.7 Å². The van der Waals surface area contributed by atoms with Gasteiger partial charge in [-0.15, -0.1) is 0 Å². The first-order valence-electron chi connectivity index (χ1n) is 8.78. The van der Waals surface area contributed by atoms with Crippen molar-refractivity contribution in [1.82, 2.24) is 10.2 Å². The van der Waals surface area contributed by atoms with E-state index in [9.17, 15) is 22.8 Å². The minimum atomic E-state index is -4.64. The number of rotatable bonds is 4. The van der Waals surface area contributed by atoms with Crippen molar-refractivity contribution in [3.63, 3.8) is 0 Å². The van der Waals surface area contributed by atoms with Crippen molar-refractivity contribution in [2.45, 2.75) is 19.1 Å². The molecule has 154 valence electrons. The minimum absolute atomic E-state index is 0.0102. The summed E-state index contributed by atoms with van der Waals surface area (Å²) in [7, 11) is 0. The van der Waals surface area contributed by atoms with E-state index in [1.165, 1.54) is 0 Å². The molecule has 0 saturated carbocycles. The molecule has 0 aromatic heterocycles. The quantitative estimate of drug-likeness (QED) is 0.715. The molecular weight excluding hydrogens is 381 g/mol. The summed E-state index contributed by atoms with van der Waals surface area (Å²) in [5.41, 5.74) is -1.31. The summed E-state index contributed by atoms with van der Waals surface area (Å²) in [5.74, 6) is -0.578. The number of amides is 3. The second kappa shape index (κ2) is 8.23. The SMILES string of the molecule is C[C@@H](CNC(=O)Nc1cc(C(F)(F)F)cc2c1OCC(=O)N2)N1CCOCC1. The number of hydrogen-bond donors (Lipinski definition) is 3. The van der Waals surface area contributed by atoms with Crippen LogP contribution >= 0.6 is 0 Å². The Kier molecular flexibility index (Phi) is 5.94. The fourth-order valence-electron chi connectivity index (χ4n) is 3.01. The molecule has 2 aliphatic heterocycles. The van der Waals surface area contributed by atoms with E-state index in [0.29, 0.717) is 19.8 Å². The highest BCUT2D eigenvalue weighted by Crippen LogP contribution is 2.41. The second-order valence-electron chi connectivity index (χ2n) is 6.57. The molecule has 1 atom stereocenters. The summed E-state index contributed by atoms with van der Waals surface area (Å²) in [4.78, 5) is 25.8. The molecule has 28 heavy (non-hydrogen) atoms. The molecule has 2 aliphatic rings. The smallest absolute Gasteiger partial charge is 0.416 e. The molecule has 3 amide bonds. The Bertz CT molecular complexity index is 751. The predicted molar refractivity (Wildman–Crippen MR) is 94.4 cm³/mol. The van der Waals surface area contributed by atoms with Crippen LogP contribution in [-0.4, -0.2) is 62.3 Å². The summed E-state index contributed by atoms with van der Waals surface area (Å²) >= 11 is 0. The summed E-state index contributed by atoms with van der Waals surface area (Å²) in [6, 6.07) is 0.930. The maximum absolute atomic E-state index is 13.1. The van der Waals surface area contributed by atoms with Crippen molar-refractivity contribution in [1.29, 1.82) is 0 Å².